The molecular weight excluding hydrogens is 541 g/mol. The summed E-state index contributed by atoms with van der Waals surface area (Å²) in [5.41, 5.74) is 2.37. The summed E-state index contributed by atoms with van der Waals surface area (Å²) in [6.07, 6.45) is 1.92. The zero-order valence-corrected chi connectivity index (χ0v) is 22.5. The fraction of sp³-hybridized carbons (Fsp3) is 0.522. The molecule has 0 bridgehead atoms. The molecule has 1 N–H and O–H groups in total. The number of aliphatic imine (C=N–C) groups is 1. The van der Waals surface area contributed by atoms with E-state index in [0.29, 0.717) is 6.54 Å². The van der Waals surface area contributed by atoms with E-state index in [9.17, 15) is 0 Å². The van der Waals surface area contributed by atoms with Crippen LogP contribution in [0.1, 0.15) is 24.2 Å². The van der Waals surface area contributed by atoms with Crippen LogP contribution in [0.15, 0.2) is 41.5 Å². The number of morpholine rings is 1. The van der Waals surface area contributed by atoms with Crippen LogP contribution in [-0.2, 0) is 18.3 Å². The number of nitrogens with one attached hydrogen (secondary N) is 1. The van der Waals surface area contributed by atoms with Crippen LogP contribution in [0.5, 0.6) is 5.75 Å². The Morgan fingerprint density at radius 1 is 1.28 bits per heavy atom. The number of guanidine groups is 1. The Hall–Kier alpha value is -1.49. The van der Waals surface area contributed by atoms with Crippen LogP contribution in [0.2, 0.25) is 5.02 Å². The van der Waals surface area contributed by atoms with Crippen LogP contribution in [0.25, 0.3) is 0 Å². The Morgan fingerprint density at radius 2 is 1.97 bits per heavy atom. The largest absolute Gasteiger partial charge is 0.497 e. The molecule has 0 spiro atoms. The van der Waals surface area contributed by atoms with Gasteiger partial charge < -0.3 is 24.3 Å². The standard InChI is InChI=1S/C23H34ClN5O2.HI/c1-5-25-23(28(3)17-20-14-19(24)16-27(20)2)26-15-22(29-10-12-31-13-11-29)18-6-8-21(30-4)9-7-18;/h6-9,14,16,22H,5,10-13,15,17H2,1-4H3,(H,25,26);1H. The second-order valence-corrected chi connectivity index (χ2v) is 8.18. The number of halogens is 2. The maximum atomic E-state index is 6.16. The van der Waals surface area contributed by atoms with E-state index in [2.05, 4.69) is 45.8 Å². The first kappa shape index (κ1) is 26.8. The minimum Gasteiger partial charge on any atom is -0.497 e. The molecule has 1 unspecified atom stereocenters. The Kier molecular flexibility index (Phi) is 11.1. The number of nitrogens with zero attached hydrogens (tertiary/aromatic N) is 4. The molecule has 0 saturated carbocycles. The van der Waals surface area contributed by atoms with E-state index < -0.39 is 0 Å². The van der Waals surface area contributed by atoms with E-state index in [1.54, 1.807) is 7.11 Å². The highest BCUT2D eigenvalue weighted by Gasteiger charge is 2.23. The van der Waals surface area contributed by atoms with Gasteiger partial charge in [0.2, 0.25) is 0 Å². The molecule has 0 radical (unpaired) electrons. The molecule has 2 aromatic rings. The van der Waals surface area contributed by atoms with Crippen LogP contribution in [0.3, 0.4) is 0 Å². The van der Waals surface area contributed by atoms with Gasteiger partial charge in [-0.15, -0.1) is 24.0 Å². The topological polar surface area (TPSA) is 54.3 Å². The van der Waals surface area contributed by atoms with Crippen molar-refractivity contribution in [3.05, 3.63) is 52.8 Å². The highest BCUT2D eigenvalue weighted by Crippen LogP contribution is 2.25. The average molecular weight is 576 g/mol. The van der Waals surface area contributed by atoms with Gasteiger partial charge in [-0.05, 0) is 30.7 Å². The molecule has 1 fully saturated rings. The highest BCUT2D eigenvalue weighted by molar-refractivity contribution is 14.0. The minimum absolute atomic E-state index is 0. The van der Waals surface area contributed by atoms with Crippen molar-refractivity contribution in [3.8, 4) is 5.75 Å². The SMILES string of the molecule is CCNC(=NCC(c1ccc(OC)cc1)N1CCOCC1)N(C)Cc1cc(Cl)cn1C.I. The molecule has 178 valence electrons. The first-order valence-electron chi connectivity index (χ1n) is 10.8. The molecular formula is C23H35ClIN5O2. The Morgan fingerprint density at radius 3 is 2.53 bits per heavy atom. The van der Waals surface area contributed by atoms with Gasteiger partial charge >= 0.3 is 0 Å². The van der Waals surface area contributed by atoms with Crippen molar-refractivity contribution in [1.82, 2.24) is 19.7 Å². The molecule has 0 amide bonds. The molecule has 1 aromatic heterocycles. The predicted molar refractivity (Wildman–Crippen MR) is 141 cm³/mol. The molecule has 1 aromatic carbocycles. The number of hydrogen-bond acceptors (Lipinski definition) is 4. The average Bonchev–Trinajstić information content (AvgIpc) is 3.10. The highest BCUT2D eigenvalue weighted by atomic mass is 127. The number of aryl methyl sites for hydroxylation is 1. The summed E-state index contributed by atoms with van der Waals surface area (Å²) in [5, 5.41) is 4.18. The van der Waals surface area contributed by atoms with Crippen molar-refractivity contribution >= 4 is 41.5 Å². The van der Waals surface area contributed by atoms with Gasteiger partial charge in [-0.2, -0.15) is 0 Å². The predicted octanol–water partition coefficient (Wildman–Crippen LogP) is 3.78. The molecule has 32 heavy (non-hydrogen) atoms. The van der Waals surface area contributed by atoms with E-state index >= 15 is 0 Å². The summed E-state index contributed by atoms with van der Waals surface area (Å²) in [4.78, 5) is 9.61. The lowest BCUT2D eigenvalue weighted by Gasteiger charge is -2.34. The number of hydrogen-bond donors (Lipinski definition) is 1. The van der Waals surface area contributed by atoms with Gasteiger partial charge in [-0.25, -0.2) is 0 Å². The molecule has 1 saturated heterocycles. The van der Waals surface area contributed by atoms with Gasteiger partial charge in [-0.1, -0.05) is 23.7 Å². The Labute approximate surface area is 213 Å². The lowest BCUT2D eigenvalue weighted by Crippen LogP contribution is -2.42. The molecule has 2 heterocycles. The monoisotopic (exact) mass is 575 g/mol. The van der Waals surface area contributed by atoms with Crippen molar-refractivity contribution in [2.24, 2.45) is 12.0 Å². The van der Waals surface area contributed by atoms with E-state index in [4.69, 9.17) is 26.1 Å². The van der Waals surface area contributed by atoms with Gasteiger partial charge in [0.1, 0.15) is 5.75 Å². The molecule has 1 atom stereocenters. The summed E-state index contributed by atoms with van der Waals surface area (Å²) in [5.74, 6) is 1.74. The number of benzene rings is 1. The summed E-state index contributed by atoms with van der Waals surface area (Å²) < 4.78 is 13.0. The van der Waals surface area contributed by atoms with Crippen molar-refractivity contribution in [2.45, 2.75) is 19.5 Å². The van der Waals surface area contributed by atoms with Crippen molar-refractivity contribution in [2.75, 3.05) is 53.6 Å². The maximum Gasteiger partial charge on any atom is 0.194 e. The van der Waals surface area contributed by atoms with E-state index in [1.165, 1.54) is 5.56 Å². The summed E-state index contributed by atoms with van der Waals surface area (Å²) >= 11 is 6.16. The van der Waals surface area contributed by atoms with Crippen LogP contribution in [-0.4, -0.2) is 73.9 Å². The Bertz CT molecular complexity index is 853. The zero-order chi connectivity index (χ0) is 22.2. The van der Waals surface area contributed by atoms with Gasteiger partial charge in [0.25, 0.3) is 0 Å². The van der Waals surface area contributed by atoms with Gasteiger partial charge in [-0.3, -0.25) is 9.89 Å². The molecule has 9 heteroatoms. The summed E-state index contributed by atoms with van der Waals surface area (Å²) in [6.45, 7) is 7.59. The quantitative estimate of drug-likeness (QED) is 0.295. The van der Waals surface area contributed by atoms with Crippen LogP contribution >= 0.6 is 35.6 Å². The van der Waals surface area contributed by atoms with Crippen molar-refractivity contribution < 1.29 is 9.47 Å². The van der Waals surface area contributed by atoms with Crippen LogP contribution in [0, 0.1) is 0 Å². The second-order valence-electron chi connectivity index (χ2n) is 7.75. The third-order valence-electron chi connectivity index (χ3n) is 5.57. The first-order valence-corrected chi connectivity index (χ1v) is 11.2. The Balaban J connectivity index is 0.00000363. The third kappa shape index (κ3) is 7.26. The smallest absolute Gasteiger partial charge is 0.194 e. The lowest BCUT2D eigenvalue weighted by atomic mass is 10.0. The van der Waals surface area contributed by atoms with Gasteiger partial charge in [0.15, 0.2) is 5.96 Å². The molecule has 1 aliphatic heterocycles. The molecule has 1 aliphatic rings. The van der Waals surface area contributed by atoms with Crippen molar-refractivity contribution in [3.63, 3.8) is 0 Å². The second kappa shape index (κ2) is 13.3. The van der Waals surface area contributed by atoms with E-state index in [1.807, 2.05) is 31.4 Å². The fourth-order valence-corrected chi connectivity index (χ4v) is 4.10. The number of methoxy groups -OCH3 is 1. The van der Waals surface area contributed by atoms with Crippen LogP contribution in [0.4, 0.5) is 0 Å². The zero-order valence-electron chi connectivity index (χ0n) is 19.4. The fourth-order valence-electron chi connectivity index (χ4n) is 3.83. The minimum atomic E-state index is 0. The normalized spacial score (nSPS) is 15.7. The third-order valence-corrected chi connectivity index (χ3v) is 5.78. The summed E-state index contributed by atoms with van der Waals surface area (Å²) in [6, 6.07) is 10.5. The molecule has 3 rings (SSSR count). The van der Waals surface area contributed by atoms with Gasteiger partial charge in [0.05, 0.1) is 44.5 Å². The number of aromatic nitrogens is 1. The van der Waals surface area contributed by atoms with E-state index in [0.717, 1.165) is 61.8 Å². The summed E-state index contributed by atoms with van der Waals surface area (Å²) in [7, 11) is 5.76. The number of rotatable bonds is 8. The van der Waals surface area contributed by atoms with E-state index in [-0.39, 0.29) is 30.0 Å². The molecule has 7 nitrogen and oxygen atoms in total. The van der Waals surface area contributed by atoms with Crippen LogP contribution < -0.4 is 10.1 Å². The number of ether oxygens (including phenoxy) is 2. The maximum absolute atomic E-state index is 6.16. The van der Waals surface area contributed by atoms with Crippen molar-refractivity contribution in [1.29, 1.82) is 0 Å². The molecule has 0 aliphatic carbocycles. The lowest BCUT2D eigenvalue weighted by molar-refractivity contribution is 0.0179. The van der Waals surface area contributed by atoms with Gasteiger partial charge in [0, 0.05) is 45.6 Å². The first-order chi connectivity index (χ1) is 15.0.